The van der Waals surface area contributed by atoms with Gasteiger partial charge in [-0.25, -0.2) is 9.79 Å². The molecule has 0 atom stereocenters. The zero-order chi connectivity index (χ0) is 24.1. The first-order chi connectivity index (χ1) is 16.4. The number of cyclic esters (lactones) is 1. The first-order valence-electron chi connectivity index (χ1n) is 10.6. The molecule has 0 saturated carbocycles. The summed E-state index contributed by atoms with van der Waals surface area (Å²) >= 11 is 0. The summed E-state index contributed by atoms with van der Waals surface area (Å²) in [7, 11) is 1.54. The van der Waals surface area contributed by atoms with Crippen LogP contribution in [0.5, 0.6) is 11.5 Å². The van der Waals surface area contributed by atoms with E-state index in [9.17, 15) is 14.9 Å². The molecule has 0 radical (unpaired) electrons. The maximum Gasteiger partial charge on any atom is 0.363 e. The van der Waals surface area contributed by atoms with Crippen molar-refractivity contribution in [2.45, 2.75) is 13.3 Å². The van der Waals surface area contributed by atoms with Crippen LogP contribution in [0.25, 0.3) is 6.08 Å². The molecular weight excluding hydrogens is 436 g/mol. The van der Waals surface area contributed by atoms with E-state index in [-0.39, 0.29) is 17.3 Å². The van der Waals surface area contributed by atoms with Crippen LogP contribution in [0.15, 0.2) is 77.4 Å². The third-order valence-electron chi connectivity index (χ3n) is 5.26. The van der Waals surface area contributed by atoms with Gasteiger partial charge >= 0.3 is 5.97 Å². The van der Waals surface area contributed by atoms with E-state index in [4.69, 9.17) is 14.2 Å². The SMILES string of the molecule is COc1cc(/C=C2\N=C(c3ccc(C)c([N+](=O)[O-])c3)OC2=O)ccc1OCCc1ccccc1. The molecule has 0 aromatic heterocycles. The highest BCUT2D eigenvalue weighted by molar-refractivity contribution is 6.13. The first-order valence-corrected chi connectivity index (χ1v) is 10.6. The van der Waals surface area contributed by atoms with E-state index in [2.05, 4.69) is 4.99 Å². The molecule has 0 aliphatic carbocycles. The second-order valence-corrected chi connectivity index (χ2v) is 7.59. The summed E-state index contributed by atoms with van der Waals surface area (Å²) in [6.07, 6.45) is 2.32. The first kappa shape index (κ1) is 22.7. The lowest BCUT2D eigenvalue weighted by atomic mass is 10.1. The van der Waals surface area contributed by atoms with Crippen molar-refractivity contribution in [2.75, 3.05) is 13.7 Å². The van der Waals surface area contributed by atoms with Crippen molar-refractivity contribution in [2.24, 2.45) is 4.99 Å². The van der Waals surface area contributed by atoms with Gasteiger partial charge in [0, 0.05) is 23.6 Å². The summed E-state index contributed by atoms with van der Waals surface area (Å²) in [5, 5.41) is 11.2. The summed E-state index contributed by atoms with van der Waals surface area (Å²) in [6.45, 7) is 2.13. The van der Waals surface area contributed by atoms with Crippen molar-refractivity contribution in [3.63, 3.8) is 0 Å². The number of benzene rings is 3. The molecule has 8 heteroatoms. The van der Waals surface area contributed by atoms with E-state index in [1.807, 2.05) is 30.3 Å². The zero-order valence-corrected chi connectivity index (χ0v) is 18.7. The number of nitrogens with zero attached hydrogens (tertiary/aromatic N) is 2. The summed E-state index contributed by atoms with van der Waals surface area (Å²) < 4.78 is 16.6. The monoisotopic (exact) mass is 458 g/mol. The number of aryl methyl sites for hydroxylation is 1. The minimum absolute atomic E-state index is 0.0205. The quantitative estimate of drug-likeness (QED) is 0.206. The second-order valence-electron chi connectivity index (χ2n) is 7.59. The van der Waals surface area contributed by atoms with Gasteiger partial charge < -0.3 is 14.2 Å². The third-order valence-corrected chi connectivity index (χ3v) is 5.26. The van der Waals surface area contributed by atoms with Crippen molar-refractivity contribution in [3.8, 4) is 11.5 Å². The molecular formula is C26H22N2O6. The zero-order valence-electron chi connectivity index (χ0n) is 18.7. The van der Waals surface area contributed by atoms with Gasteiger partial charge in [0.2, 0.25) is 5.90 Å². The predicted molar refractivity (Wildman–Crippen MR) is 127 cm³/mol. The number of methoxy groups -OCH3 is 1. The van der Waals surface area contributed by atoms with Crippen molar-refractivity contribution >= 4 is 23.6 Å². The molecule has 1 aliphatic rings. The van der Waals surface area contributed by atoms with Crippen LogP contribution in [0.2, 0.25) is 0 Å². The maximum absolute atomic E-state index is 12.4. The number of nitro benzene ring substituents is 1. The smallest absolute Gasteiger partial charge is 0.363 e. The number of nitro groups is 1. The van der Waals surface area contributed by atoms with Crippen molar-refractivity contribution < 1.29 is 23.9 Å². The molecule has 172 valence electrons. The van der Waals surface area contributed by atoms with Gasteiger partial charge in [0.1, 0.15) is 0 Å². The van der Waals surface area contributed by atoms with E-state index in [0.717, 1.165) is 6.42 Å². The Hall–Kier alpha value is -4.46. The van der Waals surface area contributed by atoms with Crippen LogP contribution in [0.3, 0.4) is 0 Å². The Morgan fingerprint density at radius 3 is 2.59 bits per heavy atom. The molecule has 3 aromatic carbocycles. The summed E-state index contributed by atoms with van der Waals surface area (Å²) in [4.78, 5) is 27.3. The molecule has 3 aromatic rings. The van der Waals surface area contributed by atoms with Crippen LogP contribution < -0.4 is 9.47 Å². The molecule has 34 heavy (non-hydrogen) atoms. The van der Waals surface area contributed by atoms with Gasteiger partial charge in [0.25, 0.3) is 5.69 Å². The van der Waals surface area contributed by atoms with Crippen molar-refractivity contribution in [3.05, 3.63) is 105 Å². The Morgan fingerprint density at radius 2 is 1.85 bits per heavy atom. The molecule has 1 heterocycles. The van der Waals surface area contributed by atoms with Crippen LogP contribution in [-0.2, 0) is 16.0 Å². The lowest BCUT2D eigenvalue weighted by Crippen LogP contribution is -2.06. The number of aliphatic imine (C=N–C) groups is 1. The standard InChI is InChI=1S/C26H22N2O6/c1-17-8-10-20(16-22(17)28(30)31)25-27-21(26(29)34-25)14-19-9-11-23(24(15-19)32-2)33-13-12-18-6-4-3-5-7-18/h3-11,14-16H,12-13H2,1-2H3/b21-14-. The van der Waals surface area contributed by atoms with E-state index in [0.29, 0.717) is 34.8 Å². The summed E-state index contributed by atoms with van der Waals surface area (Å²) in [6, 6.07) is 19.9. The van der Waals surface area contributed by atoms with Crippen LogP contribution in [0.4, 0.5) is 5.69 Å². The highest BCUT2D eigenvalue weighted by atomic mass is 16.6. The topological polar surface area (TPSA) is 100 Å². The molecule has 0 spiro atoms. The Bertz CT molecular complexity index is 1300. The van der Waals surface area contributed by atoms with E-state index >= 15 is 0 Å². The second kappa shape index (κ2) is 9.99. The van der Waals surface area contributed by atoms with E-state index in [1.54, 1.807) is 50.4 Å². The number of hydrogen-bond donors (Lipinski definition) is 0. The third kappa shape index (κ3) is 5.12. The molecule has 0 amide bonds. The average molecular weight is 458 g/mol. The summed E-state index contributed by atoms with van der Waals surface area (Å²) in [5.74, 6) is 0.491. The van der Waals surface area contributed by atoms with Gasteiger partial charge in [-0.2, -0.15) is 0 Å². The van der Waals surface area contributed by atoms with Crippen LogP contribution in [0.1, 0.15) is 22.3 Å². The van der Waals surface area contributed by atoms with Crippen LogP contribution >= 0.6 is 0 Å². The van der Waals surface area contributed by atoms with Crippen molar-refractivity contribution in [1.29, 1.82) is 0 Å². The van der Waals surface area contributed by atoms with Crippen LogP contribution in [0, 0.1) is 17.0 Å². The largest absolute Gasteiger partial charge is 0.493 e. The van der Waals surface area contributed by atoms with Gasteiger partial charge in [0.15, 0.2) is 17.2 Å². The van der Waals surface area contributed by atoms with E-state index in [1.165, 1.54) is 11.6 Å². The predicted octanol–water partition coefficient (Wildman–Crippen LogP) is 4.88. The molecule has 8 nitrogen and oxygen atoms in total. The molecule has 0 unspecified atom stereocenters. The average Bonchev–Trinajstić information content (AvgIpc) is 3.20. The Labute approximate surface area is 196 Å². The lowest BCUT2D eigenvalue weighted by molar-refractivity contribution is -0.385. The minimum atomic E-state index is -0.639. The molecule has 4 rings (SSSR count). The van der Waals surface area contributed by atoms with Crippen LogP contribution in [-0.4, -0.2) is 30.5 Å². The fourth-order valence-corrected chi connectivity index (χ4v) is 3.45. The Morgan fingerprint density at radius 1 is 1.06 bits per heavy atom. The fourth-order valence-electron chi connectivity index (χ4n) is 3.45. The molecule has 0 N–H and O–H groups in total. The Kier molecular flexibility index (Phi) is 6.68. The molecule has 0 bridgehead atoms. The minimum Gasteiger partial charge on any atom is -0.493 e. The number of ether oxygens (including phenoxy) is 3. The van der Waals surface area contributed by atoms with Gasteiger partial charge in [-0.3, -0.25) is 10.1 Å². The number of carbonyl (C=O) groups excluding carboxylic acids is 1. The summed E-state index contributed by atoms with van der Waals surface area (Å²) in [5.41, 5.74) is 2.72. The van der Waals surface area contributed by atoms with Gasteiger partial charge in [-0.05, 0) is 42.3 Å². The van der Waals surface area contributed by atoms with Gasteiger partial charge in [0.05, 0.1) is 18.6 Å². The highest BCUT2D eigenvalue weighted by Crippen LogP contribution is 2.30. The fraction of sp³-hybridized carbons (Fsp3) is 0.154. The van der Waals surface area contributed by atoms with Gasteiger partial charge in [-0.1, -0.05) is 42.5 Å². The maximum atomic E-state index is 12.4. The number of hydrogen-bond acceptors (Lipinski definition) is 7. The number of rotatable bonds is 8. The van der Waals surface area contributed by atoms with Crippen molar-refractivity contribution in [1.82, 2.24) is 0 Å². The highest BCUT2D eigenvalue weighted by Gasteiger charge is 2.26. The van der Waals surface area contributed by atoms with Gasteiger partial charge in [-0.15, -0.1) is 0 Å². The Balaban J connectivity index is 1.51. The molecule has 0 fully saturated rings. The lowest BCUT2D eigenvalue weighted by Gasteiger charge is -2.11. The normalized spacial score (nSPS) is 14.0. The van der Waals surface area contributed by atoms with E-state index < -0.39 is 10.9 Å². The molecule has 0 saturated heterocycles. The number of esters is 1. The molecule has 1 aliphatic heterocycles. The number of carbonyl (C=O) groups is 1.